The molecule has 5 heteroatoms. The molecule has 0 aromatic carbocycles. The summed E-state index contributed by atoms with van der Waals surface area (Å²) in [5.74, 6) is 2.29. The van der Waals surface area contributed by atoms with Gasteiger partial charge in [0.15, 0.2) is 0 Å². The SMILES string of the molecule is CCCn1nncc1NC1CCCC1SCC. The highest BCUT2D eigenvalue weighted by Crippen LogP contribution is 2.31. The van der Waals surface area contributed by atoms with Gasteiger partial charge in [0.25, 0.3) is 0 Å². The average Bonchev–Trinajstić information content (AvgIpc) is 2.92. The van der Waals surface area contributed by atoms with Crippen molar-refractivity contribution in [2.24, 2.45) is 0 Å². The summed E-state index contributed by atoms with van der Waals surface area (Å²) in [6.45, 7) is 5.35. The molecule has 0 spiro atoms. The van der Waals surface area contributed by atoms with Crippen LogP contribution in [0.25, 0.3) is 0 Å². The van der Waals surface area contributed by atoms with Gasteiger partial charge in [-0.15, -0.1) is 5.10 Å². The summed E-state index contributed by atoms with van der Waals surface area (Å²) >= 11 is 2.08. The maximum atomic E-state index is 4.12. The Morgan fingerprint density at radius 1 is 1.47 bits per heavy atom. The van der Waals surface area contributed by atoms with Gasteiger partial charge in [-0.25, -0.2) is 4.68 Å². The number of hydrogen-bond donors (Lipinski definition) is 1. The minimum Gasteiger partial charge on any atom is -0.365 e. The first kappa shape index (κ1) is 12.7. The summed E-state index contributed by atoms with van der Waals surface area (Å²) in [5.41, 5.74) is 0. The average molecular weight is 254 g/mol. The van der Waals surface area contributed by atoms with Gasteiger partial charge in [-0.1, -0.05) is 25.5 Å². The highest BCUT2D eigenvalue weighted by Gasteiger charge is 2.27. The predicted octanol–water partition coefficient (Wildman–Crippen LogP) is 2.77. The van der Waals surface area contributed by atoms with Crippen molar-refractivity contribution in [1.82, 2.24) is 15.0 Å². The van der Waals surface area contributed by atoms with Crippen molar-refractivity contribution in [2.45, 2.75) is 57.4 Å². The Morgan fingerprint density at radius 2 is 2.35 bits per heavy atom. The summed E-state index contributed by atoms with van der Waals surface area (Å²) in [6.07, 6.45) is 6.89. The molecule has 4 nitrogen and oxygen atoms in total. The summed E-state index contributed by atoms with van der Waals surface area (Å²) in [6, 6.07) is 0.592. The lowest BCUT2D eigenvalue weighted by molar-refractivity contribution is 0.578. The van der Waals surface area contributed by atoms with Crippen LogP contribution in [0, 0.1) is 0 Å². The van der Waals surface area contributed by atoms with E-state index >= 15 is 0 Å². The first-order chi connectivity index (χ1) is 8.35. The Bertz CT molecular complexity index is 339. The Hall–Kier alpha value is -0.710. The third-order valence-electron chi connectivity index (χ3n) is 3.22. The third-order valence-corrected chi connectivity index (χ3v) is 4.55. The lowest BCUT2D eigenvalue weighted by Crippen LogP contribution is -2.27. The number of rotatable bonds is 6. The van der Waals surface area contributed by atoms with Crippen molar-refractivity contribution in [2.75, 3.05) is 11.1 Å². The van der Waals surface area contributed by atoms with Crippen LogP contribution in [0.2, 0.25) is 0 Å². The van der Waals surface area contributed by atoms with Crippen LogP contribution in [0.5, 0.6) is 0 Å². The molecule has 17 heavy (non-hydrogen) atoms. The zero-order chi connectivity index (χ0) is 12.1. The minimum absolute atomic E-state index is 0.592. The molecular formula is C12H22N4S. The molecule has 2 atom stereocenters. The molecule has 1 heterocycles. The van der Waals surface area contributed by atoms with Crippen LogP contribution in [-0.2, 0) is 6.54 Å². The lowest BCUT2D eigenvalue weighted by atomic mass is 10.2. The lowest BCUT2D eigenvalue weighted by Gasteiger charge is -2.21. The largest absolute Gasteiger partial charge is 0.365 e. The second kappa shape index (κ2) is 6.28. The van der Waals surface area contributed by atoms with E-state index in [-0.39, 0.29) is 0 Å². The maximum absolute atomic E-state index is 4.12. The number of nitrogens with one attached hydrogen (secondary N) is 1. The normalized spacial score (nSPS) is 24.1. The van der Waals surface area contributed by atoms with E-state index < -0.39 is 0 Å². The number of anilines is 1. The molecular weight excluding hydrogens is 232 g/mol. The quantitative estimate of drug-likeness (QED) is 0.847. The first-order valence-corrected chi connectivity index (χ1v) is 7.66. The van der Waals surface area contributed by atoms with Gasteiger partial charge in [0, 0.05) is 17.8 Å². The number of hydrogen-bond acceptors (Lipinski definition) is 4. The highest BCUT2D eigenvalue weighted by molar-refractivity contribution is 7.99. The van der Waals surface area contributed by atoms with Crippen LogP contribution in [0.1, 0.15) is 39.5 Å². The fourth-order valence-electron chi connectivity index (χ4n) is 2.44. The van der Waals surface area contributed by atoms with Crippen molar-refractivity contribution in [1.29, 1.82) is 0 Å². The van der Waals surface area contributed by atoms with Gasteiger partial charge >= 0.3 is 0 Å². The molecule has 0 aliphatic heterocycles. The smallest absolute Gasteiger partial charge is 0.145 e. The standard InChI is InChI=1S/C12H22N4S/c1-3-8-16-12(9-13-15-16)14-10-6-5-7-11(10)17-4-2/h9-11,14H,3-8H2,1-2H3. The van der Waals surface area contributed by atoms with E-state index in [9.17, 15) is 0 Å². The number of aryl methyl sites for hydroxylation is 1. The van der Waals surface area contributed by atoms with Gasteiger partial charge < -0.3 is 5.32 Å². The van der Waals surface area contributed by atoms with E-state index in [0.717, 1.165) is 24.0 Å². The van der Waals surface area contributed by atoms with Crippen molar-refractivity contribution in [3.8, 4) is 0 Å². The molecule has 96 valence electrons. The molecule has 0 saturated heterocycles. The fraction of sp³-hybridized carbons (Fsp3) is 0.833. The van der Waals surface area contributed by atoms with Crippen LogP contribution >= 0.6 is 11.8 Å². The van der Waals surface area contributed by atoms with E-state index in [1.54, 1.807) is 0 Å². The van der Waals surface area contributed by atoms with Gasteiger partial charge in [-0.2, -0.15) is 11.8 Å². The molecule has 0 bridgehead atoms. The minimum atomic E-state index is 0.592. The number of aromatic nitrogens is 3. The van der Waals surface area contributed by atoms with E-state index in [1.807, 2.05) is 10.9 Å². The van der Waals surface area contributed by atoms with E-state index in [1.165, 1.54) is 25.0 Å². The molecule has 1 saturated carbocycles. The molecule has 1 aliphatic rings. The molecule has 1 aromatic heterocycles. The zero-order valence-corrected chi connectivity index (χ0v) is 11.5. The van der Waals surface area contributed by atoms with Crippen LogP contribution in [0.4, 0.5) is 5.82 Å². The van der Waals surface area contributed by atoms with E-state index in [0.29, 0.717) is 6.04 Å². The van der Waals surface area contributed by atoms with Crippen LogP contribution in [0.15, 0.2) is 6.20 Å². The monoisotopic (exact) mass is 254 g/mol. The van der Waals surface area contributed by atoms with Crippen molar-refractivity contribution in [3.63, 3.8) is 0 Å². The summed E-state index contributed by atoms with van der Waals surface area (Å²) < 4.78 is 1.98. The molecule has 1 aromatic rings. The molecule has 2 rings (SSSR count). The molecule has 1 N–H and O–H groups in total. The number of thioether (sulfide) groups is 1. The van der Waals surface area contributed by atoms with Gasteiger partial charge in [0.1, 0.15) is 5.82 Å². The molecule has 0 radical (unpaired) electrons. The summed E-state index contributed by atoms with van der Waals surface area (Å²) in [7, 11) is 0. The van der Waals surface area contributed by atoms with Crippen LogP contribution in [-0.4, -0.2) is 32.0 Å². The highest BCUT2D eigenvalue weighted by atomic mass is 32.2. The van der Waals surface area contributed by atoms with Gasteiger partial charge in [0.2, 0.25) is 0 Å². The first-order valence-electron chi connectivity index (χ1n) is 6.61. The Labute approximate surface area is 108 Å². The maximum Gasteiger partial charge on any atom is 0.145 e. The van der Waals surface area contributed by atoms with Crippen molar-refractivity contribution in [3.05, 3.63) is 6.20 Å². The Balaban J connectivity index is 1.97. The second-order valence-electron chi connectivity index (χ2n) is 4.52. The fourth-order valence-corrected chi connectivity index (χ4v) is 3.64. The Kier molecular flexibility index (Phi) is 4.71. The third kappa shape index (κ3) is 3.15. The van der Waals surface area contributed by atoms with Crippen LogP contribution < -0.4 is 5.32 Å². The second-order valence-corrected chi connectivity index (χ2v) is 6.03. The van der Waals surface area contributed by atoms with Gasteiger partial charge in [-0.3, -0.25) is 0 Å². The topological polar surface area (TPSA) is 42.7 Å². The predicted molar refractivity (Wildman–Crippen MR) is 73.5 cm³/mol. The van der Waals surface area contributed by atoms with Gasteiger partial charge in [-0.05, 0) is 25.0 Å². The molecule has 1 fully saturated rings. The summed E-state index contributed by atoms with van der Waals surface area (Å²) in [5, 5.41) is 12.5. The zero-order valence-electron chi connectivity index (χ0n) is 10.7. The van der Waals surface area contributed by atoms with E-state index in [2.05, 4.69) is 41.2 Å². The molecule has 1 aliphatic carbocycles. The van der Waals surface area contributed by atoms with E-state index in [4.69, 9.17) is 0 Å². The van der Waals surface area contributed by atoms with Crippen molar-refractivity contribution >= 4 is 17.6 Å². The number of nitrogens with zero attached hydrogens (tertiary/aromatic N) is 3. The van der Waals surface area contributed by atoms with Gasteiger partial charge in [0.05, 0.1) is 6.20 Å². The van der Waals surface area contributed by atoms with Crippen LogP contribution in [0.3, 0.4) is 0 Å². The molecule has 0 amide bonds. The van der Waals surface area contributed by atoms with Crippen molar-refractivity contribution < 1.29 is 0 Å². The summed E-state index contributed by atoms with van der Waals surface area (Å²) in [4.78, 5) is 0. The molecule has 2 unspecified atom stereocenters. The Morgan fingerprint density at radius 3 is 3.12 bits per heavy atom.